The van der Waals surface area contributed by atoms with Crippen molar-refractivity contribution >= 4 is 5.78 Å². The summed E-state index contributed by atoms with van der Waals surface area (Å²) in [4.78, 5) is 11.5. The summed E-state index contributed by atoms with van der Waals surface area (Å²) in [6.07, 6.45) is 6.27. The molecule has 1 fully saturated rings. The Labute approximate surface area is 61.1 Å². The summed E-state index contributed by atoms with van der Waals surface area (Å²) in [6.45, 7) is 4.09. The van der Waals surface area contributed by atoms with E-state index in [9.17, 15) is 4.79 Å². The zero-order chi connectivity index (χ0) is 7.41. The molecule has 2 aliphatic rings. The number of carbonyl (C=O) groups excluding carboxylic acids is 1. The number of hydrogen-bond acceptors (Lipinski definition) is 1. The van der Waals surface area contributed by atoms with Crippen LogP contribution in [0.3, 0.4) is 0 Å². The molecule has 2 bridgehead atoms. The molecule has 10 heavy (non-hydrogen) atoms. The van der Waals surface area contributed by atoms with Crippen molar-refractivity contribution in [2.45, 2.75) is 26.7 Å². The first-order chi connectivity index (χ1) is 4.57. The van der Waals surface area contributed by atoms with Gasteiger partial charge in [0.15, 0.2) is 5.78 Å². The van der Waals surface area contributed by atoms with Crippen LogP contribution in [0.15, 0.2) is 12.2 Å². The average molecular weight is 136 g/mol. The minimum atomic E-state index is -0.0885. The van der Waals surface area contributed by atoms with Gasteiger partial charge in [-0.05, 0) is 26.7 Å². The van der Waals surface area contributed by atoms with Crippen LogP contribution in [0.5, 0.6) is 0 Å². The standard InChI is InChI=1S/C9H12O/c1-8-3-5-9(2,6-4-8)7(8)10/h3,5H,4,6H2,1-2H3. The maximum Gasteiger partial charge on any atom is 0.152 e. The third-order valence-electron chi connectivity index (χ3n) is 3.02. The largest absolute Gasteiger partial charge is 0.298 e. The predicted octanol–water partition coefficient (Wildman–Crippen LogP) is 1.93. The molecule has 1 heteroatoms. The second-order valence-electron chi connectivity index (χ2n) is 4.00. The van der Waals surface area contributed by atoms with Gasteiger partial charge in [0.25, 0.3) is 0 Å². The fourth-order valence-electron chi connectivity index (χ4n) is 2.08. The summed E-state index contributed by atoms with van der Waals surface area (Å²) >= 11 is 0. The molecule has 0 saturated heterocycles. The monoisotopic (exact) mass is 136 g/mol. The van der Waals surface area contributed by atoms with E-state index in [4.69, 9.17) is 0 Å². The van der Waals surface area contributed by atoms with Gasteiger partial charge in [-0.3, -0.25) is 4.79 Å². The van der Waals surface area contributed by atoms with Crippen LogP contribution in [0.2, 0.25) is 0 Å². The van der Waals surface area contributed by atoms with Crippen molar-refractivity contribution in [3.05, 3.63) is 12.2 Å². The highest BCUT2D eigenvalue weighted by Gasteiger charge is 2.52. The van der Waals surface area contributed by atoms with E-state index < -0.39 is 0 Å². The van der Waals surface area contributed by atoms with Gasteiger partial charge in [-0.25, -0.2) is 0 Å². The summed E-state index contributed by atoms with van der Waals surface area (Å²) in [6, 6.07) is 0. The second-order valence-corrected chi connectivity index (χ2v) is 4.00. The summed E-state index contributed by atoms with van der Waals surface area (Å²) in [5, 5.41) is 0. The fourth-order valence-corrected chi connectivity index (χ4v) is 2.08. The Morgan fingerprint density at radius 3 is 1.70 bits per heavy atom. The molecule has 0 spiro atoms. The van der Waals surface area contributed by atoms with Crippen LogP contribution >= 0.6 is 0 Å². The Hall–Kier alpha value is -0.590. The number of fused-ring (bicyclic) bond motifs is 2. The van der Waals surface area contributed by atoms with Crippen molar-refractivity contribution in [1.29, 1.82) is 0 Å². The highest BCUT2D eigenvalue weighted by molar-refractivity contribution is 5.97. The molecule has 0 amide bonds. The zero-order valence-electron chi connectivity index (χ0n) is 6.48. The average Bonchev–Trinajstić information content (AvgIpc) is 2.24. The maximum atomic E-state index is 11.5. The molecule has 2 atom stereocenters. The molecule has 0 aromatic carbocycles. The first-order valence-electron chi connectivity index (χ1n) is 3.82. The zero-order valence-corrected chi connectivity index (χ0v) is 6.48. The molecule has 0 aromatic heterocycles. The van der Waals surface area contributed by atoms with Crippen molar-refractivity contribution in [2.24, 2.45) is 10.8 Å². The van der Waals surface area contributed by atoms with E-state index in [0.29, 0.717) is 5.78 Å². The van der Waals surface area contributed by atoms with Crippen molar-refractivity contribution < 1.29 is 4.79 Å². The molecule has 2 unspecified atom stereocenters. The predicted molar refractivity (Wildman–Crippen MR) is 39.6 cm³/mol. The SMILES string of the molecule is CC12C=CC(C)(CC1)C2=O. The summed E-state index contributed by atoms with van der Waals surface area (Å²) < 4.78 is 0. The Morgan fingerprint density at radius 2 is 1.60 bits per heavy atom. The maximum absolute atomic E-state index is 11.5. The van der Waals surface area contributed by atoms with Crippen LogP contribution in [0.1, 0.15) is 26.7 Å². The van der Waals surface area contributed by atoms with Gasteiger partial charge < -0.3 is 0 Å². The first kappa shape index (κ1) is 6.14. The van der Waals surface area contributed by atoms with Crippen LogP contribution in [-0.4, -0.2) is 5.78 Å². The van der Waals surface area contributed by atoms with E-state index >= 15 is 0 Å². The van der Waals surface area contributed by atoms with Gasteiger partial charge >= 0.3 is 0 Å². The van der Waals surface area contributed by atoms with Crippen LogP contribution in [0, 0.1) is 10.8 Å². The lowest BCUT2D eigenvalue weighted by atomic mass is 9.89. The Bertz CT molecular complexity index is 207. The van der Waals surface area contributed by atoms with Gasteiger partial charge in [-0.15, -0.1) is 0 Å². The molecule has 0 N–H and O–H groups in total. The van der Waals surface area contributed by atoms with Gasteiger partial charge in [0, 0.05) is 10.8 Å². The minimum Gasteiger partial charge on any atom is -0.298 e. The topological polar surface area (TPSA) is 17.1 Å². The number of ketones is 1. The fraction of sp³-hybridized carbons (Fsp3) is 0.667. The quantitative estimate of drug-likeness (QED) is 0.465. The molecule has 1 nitrogen and oxygen atoms in total. The lowest BCUT2D eigenvalue weighted by Crippen LogP contribution is -2.22. The summed E-state index contributed by atoms with van der Waals surface area (Å²) in [7, 11) is 0. The van der Waals surface area contributed by atoms with E-state index in [1.807, 2.05) is 13.8 Å². The molecule has 0 aromatic rings. The molecule has 0 radical (unpaired) electrons. The molecule has 2 rings (SSSR count). The number of rotatable bonds is 0. The number of hydrogen-bond donors (Lipinski definition) is 0. The first-order valence-corrected chi connectivity index (χ1v) is 3.82. The van der Waals surface area contributed by atoms with Crippen LogP contribution in [-0.2, 0) is 4.79 Å². The Balaban J connectivity index is 2.53. The van der Waals surface area contributed by atoms with Gasteiger partial charge in [-0.1, -0.05) is 12.2 Å². The van der Waals surface area contributed by atoms with E-state index in [1.165, 1.54) is 0 Å². The second kappa shape index (κ2) is 1.36. The molecule has 54 valence electrons. The van der Waals surface area contributed by atoms with E-state index in [0.717, 1.165) is 12.8 Å². The lowest BCUT2D eigenvalue weighted by molar-refractivity contribution is -0.127. The number of Topliss-reactive ketones (excluding diaryl/α,β-unsaturated/α-hetero) is 1. The smallest absolute Gasteiger partial charge is 0.152 e. The van der Waals surface area contributed by atoms with Gasteiger partial charge in [0.1, 0.15) is 0 Å². The highest BCUT2D eigenvalue weighted by Crippen LogP contribution is 2.52. The normalized spacial score (nSPS) is 50.8. The lowest BCUT2D eigenvalue weighted by Gasteiger charge is -2.12. The molecular formula is C9H12O. The van der Waals surface area contributed by atoms with Crippen LogP contribution in [0.25, 0.3) is 0 Å². The van der Waals surface area contributed by atoms with E-state index in [2.05, 4.69) is 12.2 Å². The Kier molecular flexibility index (Phi) is 0.837. The third-order valence-corrected chi connectivity index (χ3v) is 3.02. The van der Waals surface area contributed by atoms with Crippen molar-refractivity contribution in [3.63, 3.8) is 0 Å². The van der Waals surface area contributed by atoms with E-state index in [1.54, 1.807) is 0 Å². The highest BCUT2D eigenvalue weighted by atomic mass is 16.1. The molecule has 0 heterocycles. The molecule has 0 aliphatic heterocycles. The number of carbonyl (C=O) groups is 1. The summed E-state index contributed by atoms with van der Waals surface area (Å²) in [5.74, 6) is 0.431. The third kappa shape index (κ3) is 0.472. The van der Waals surface area contributed by atoms with Crippen LogP contribution in [0.4, 0.5) is 0 Å². The Morgan fingerprint density at radius 1 is 1.20 bits per heavy atom. The van der Waals surface area contributed by atoms with Crippen LogP contribution < -0.4 is 0 Å². The molecular weight excluding hydrogens is 124 g/mol. The summed E-state index contributed by atoms with van der Waals surface area (Å²) in [5.41, 5.74) is -0.177. The number of allylic oxidation sites excluding steroid dienone is 2. The minimum absolute atomic E-state index is 0.0885. The van der Waals surface area contributed by atoms with E-state index in [-0.39, 0.29) is 10.8 Å². The van der Waals surface area contributed by atoms with Crippen molar-refractivity contribution in [3.8, 4) is 0 Å². The van der Waals surface area contributed by atoms with Gasteiger partial charge in [-0.2, -0.15) is 0 Å². The van der Waals surface area contributed by atoms with Crippen molar-refractivity contribution in [1.82, 2.24) is 0 Å². The van der Waals surface area contributed by atoms with Gasteiger partial charge in [0.05, 0.1) is 0 Å². The molecule has 2 aliphatic carbocycles. The van der Waals surface area contributed by atoms with Gasteiger partial charge in [0.2, 0.25) is 0 Å². The molecule has 1 saturated carbocycles. The van der Waals surface area contributed by atoms with Crippen molar-refractivity contribution in [2.75, 3.05) is 0 Å².